The second-order valence-electron chi connectivity index (χ2n) is 10.8. The van der Waals surface area contributed by atoms with Gasteiger partial charge in [-0.15, -0.1) is 0 Å². The highest BCUT2D eigenvalue weighted by atomic mass is 35.5. The van der Waals surface area contributed by atoms with Crippen LogP contribution in [-0.4, -0.2) is 25.0 Å². The number of fused-ring (bicyclic) bond motifs is 1. The Morgan fingerprint density at radius 1 is 1.10 bits per heavy atom. The highest BCUT2D eigenvalue weighted by Crippen LogP contribution is 2.36. The molecule has 0 heterocycles. The first kappa shape index (κ1) is 30.4. The zero-order valence-electron chi connectivity index (χ0n) is 23.0. The number of alkyl halides is 3. The number of nitrogens with one attached hydrogen (secondary N) is 1. The third kappa shape index (κ3) is 7.82. The Labute approximate surface area is 242 Å². The summed E-state index contributed by atoms with van der Waals surface area (Å²) in [5.74, 6) is 0.0357. The Morgan fingerprint density at radius 3 is 2.46 bits per heavy atom. The number of carbonyl (C=O) groups excluding carboxylic acids is 2. The van der Waals surface area contributed by atoms with Crippen molar-refractivity contribution in [3.05, 3.63) is 88.5 Å². The second kappa shape index (κ2) is 13.0. The summed E-state index contributed by atoms with van der Waals surface area (Å²) >= 11 is 6.25. The number of methoxy groups -OCH3 is 1. The number of amides is 1. The Hall–Kier alpha value is -3.52. The summed E-state index contributed by atoms with van der Waals surface area (Å²) in [7, 11) is 1.28. The molecule has 9 heteroatoms. The molecule has 1 aliphatic carbocycles. The summed E-state index contributed by atoms with van der Waals surface area (Å²) in [6.07, 6.45) is -0.364. The Morgan fingerprint density at radius 2 is 1.80 bits per heavy atom. The molecule has 3 aromatic carbocycles. The van der Waals surface area contributed by atoms with Gasteiger partial charge in [-0.05, 0) is 85.2 Å². The van der Waals surface area contributed by atoms with Crippen molar-refractivity contribution in [2.75, 3.05) is 7.11 Å². The summed E-state index contributed by atoms with van der Waals surface area (Å²) in [5.41, 5.74) is 1.09. The van der Waals surface area contributed by atoms with E-state index < -0.39 is 29.7 Å². The lowest BCUT2D eigenvalue weighted by Crippen LogP contribution is -2.42. The van der Waals surface area contributed by atoms with Crippen molar-refractivity contribution in [2.24, 2.45) is 11.8 Å². The maximum atomic E-state index is 13.6. The fraction of sp³-hybridized carbons (Fsp3) is 0.375. The SMILES string of the molecule is C=C1CC(C)CC(CC[C@H](NC(=O)c2ccc3ccc(Cl)cc3c2OCc2ccc(C(F)(F)F)cc2)C(=O)OC)C1. The van der Waals surface area contributed by atoms with Crippen LogP contribution in [0.4, 0.5) is 13.2 Å². The molecule has 0 bridgehead atoms. The molecule has 3 atom stereocenters. The van der Waals surface area contributed by atoms with Crippen LogP contribution in [0.25, 0.3) is 10.8 Å². The molecule has 5 nitrogen and oxygen atoms in total. The molecule has 218 valence electrons. The first-order chi connectivity index (χ1) is 19.4. The minimum absolute atomic E-state index is 0.0891. The summed E-state index contributed by atoms with van der Waals surface area (Å²) in [6, 6.07) is 12.2. The molecule has 3 aromatic rings. The summed E-state index contributed by atoms with van der Waals surface area (Å²) in [5, 5.41) is 4.55. The molecule has 0 radical (unpaired) electrons. The van der Waals surface area contributed by atoms with Crippen molar-refractivity contribution in [2.45, 2.75) is 57.9 Å². The predicted octanol–water partition coefficient (Wildman–Crippen LogP) is 8.14. The molecule has 41 heavy (non-hydrogen) atoms. The van der Waals surface area contributed by atoms with Gasteiger partial charge in [0.05, 0.1) is 18.2 Å². The Kier molecular flexibility index (Phi) is 9.64. The zero-order chi connectivity index (χ0) is 29.7. The maximum Gasteiger partial charge on any atom is 0.416 e. The quantitative estimate of drug-likeness (QED) is 0.203. The van der Waals surface area contributed by atoms with Gasteiger partial charge in [-0.2, -0.15) is 13.2 Å². The van der Waals surface area contributed by atoms with Gasteiger partial charge in [0.25, 0.3) is 5.91 Å². The number of allylic oxidation sites excluding steroid dienone is 1. The maximum absolute atomic E-state index is 13.6. The smallest absolute Gasteiger partial charge is 0.416 e. The van der Waals surface area contributed by atoms with Crippen LogP contribution in [0.3, 0.4) is 0 Å². The first-order valence-electron chi connectivity index (χ1n) is 13.5. The molecular weight excluding hydrogens is 555 g/mol. The van der Waals surface area contributed by atoms with E-state index in [0.29, 0.717) is 34.2 Å². The van der Waals surface area contributed by atoms with Crippen molar-refractivity contribution >= 4 is 34.2 Å². The van der Waals surface area contributed by atoms with Crippen molar-refractivity contribution in [3.63, 3.8) is 0 Å². The van der Waals surface area contributed by atoms with E-state index in [1.165, 1.54) is 24.8 Å². The molecule has 0 aromatic heterocycles. The number of benzene rings is 3. The van der Waals surface area contributed by atoms with E-state index in [1.54, 1.807) is 30.3 Å². The number of esters is 1. The zero-order valence-corrected chi connectivity index (χ0v) is 23.8. The molecule has 2 unspecified atom stereocenters. The highest BCUT2D eigenvalue weighted by molar-refractivity contribution is 6.31. The van der Waals surface area contributed by atoms with E-state index in [4.69, 9.17) is 21.1 Å². The average molecular weight is 588 g/mol. The molecule has 1 saturated carbocycles. The van der Waals surface area contributed by atoms with Crippen LogP contribution in [0.5, 0.6) is 5.75 Å². The number of ether oxygens (including phenoxy) is 2. The van der Waals surface area contributed by atoms with Gasteiger partial charge in [0.2, 0.25) is 0 Å². The lowest BCUT2D eigenvalue weighted by Gasteiger charge is -2.29. The fourth-order valence-electron chi connectivity index (χ4n) is 5.51. The average Bonchev–Trinajstić information content (AvgIpc) is 2.92. The highest BCUT2D eigenvalue weighted by Gasteiger charge is 2.30. The van der Waals surface area contributed by atoms with E-state index in [-0.39, 0.29) is 17.9 Å². The summed E-state index contributed by atoms with van der Waals surface area (Å²) in [6.45, 7) is 6.24. The molecular formula is C32H33ClF3NO4. The lowest BCUT2D eigenvalue weighted by atomic mass is 9.77. The monoisotopic (exact) mass is 587 g/mol. The first-order valence-corrected chi connectivity index (χ1v) is 13.9. The van der Waals surface area contributed by atoms with Gasteiger partial charge in [-0.25, -0.2) is 4.79 Å². The Balaban J connectivity index is 1.57. The summed E-state index contributed by atoms with van der Waals surface area (Å²) < 4.78 is 50.0. The van der Waals surface area contributed by atoms with Crippen molar-refractivity contribution in [3.8, 4) is 5.75 Å². The third-order valence-electron chi connectivity index (χ3n) is 7.45. The van der Waals surface area contributed by atoms with E-state index >= 15 is 0 Å². The van der Waals surface area contributed by atoms with Gasteiger partial charge < -0.3 is 14.8 Å². The fourth-order valence-corrected chi connectivity index (χ4v) is 5.69. The largest absolute Gasteiger partial charge is 0.487 e. The van der Waals surface area contributed by atoms with Crippen LogP contribution in [0.1, 0.15) is 60.5 Å². The minimum Gasteiger partial charge on any atom is -0.487 e. The van der Waals surface area contributed by atoms with Gasteiger partial charge in [0.1, 0.15) is 18.4 Å². The van der Waals surface area contributed by atoms with Crippen molar-refractivity contribution in [1.29, 1.82) is 0 Å². The van der Waals surface area contributed by atoms with Crippen LogP contribution in [0, 0.1) is 11.8 Å². The van der Waals surface area contributed by atoms with E-state index in [9.17, 15) is 22.8 Å². The van der Waals surface area contributed by atoms with E-state index in [0.717, 1.165) is 43.2 Å². The molecule has 1 amide bonds. The van der Waals surface area contributed by atoms with Crippen LogP contribution < -0.4 is 10.1 Å². The van der Waals surface area contributed by atoms with Crippen molar-refractivity contribution in [1.82, 2.24) is 5.32 Å². The van der Waals surface area contributed by atoms with Gasteiger partial charge in [-0.3, -0.25) is 4.79 Å². The third-order valence-corrected chi connectivity index (χ3v) is 7.68. The molecule has 4 rings (SSSR count). The minimum atomic E-state index is -4.45. The van der Waals surface area contributed by atoms with Crippen LogP contribution in [0.15, 0.2) is 66.7 Å². The summed E-state index contributed by atoms with van der Waals surface area (Å²) in [4.78, 5) is 26.2. The second-order valence-corrected chi connectivity index (χ2v) is 11.2. The number of carbonyl (C=O) groups is 2. The number of hydrogen-bond donors (Lipinski definition) is 1. The number of hydrogen-bond acceptors (Lipinski definition) is 4. The molecule has 1 N–H and O–H groups in total. The predicted molar refractivity (Wildman–Crippen MR) is 153 cm³/mol. The van der Waals surface area contributed by atoms with Gasteiger partial charge in [0.15, 0.2) is 0 Å². The molecule has 1 fully saturated rings. The topological polar surface area (TPSA) is 64.6 Å². The van der Waals surface area contributed by atoms with Gasteiger partial charge in [0, 0.05) is 10.4 Å². The number of rotatable bonds is 9. The van der Waals surface area contributed by atoms with Crippen LogP contribution in [-0.2, 0) is 22.3 Å². The van der Waals surface area contributed by atoms with Crippen molar-refractivity contribution < 1.29 is 32.2 Å². The van der Waals surface area contributed by atoms with E-state index in [1.807, 2.05) is 0 Å². The Bertz CT molecular complexity index is 1420. The standard InChI is InChI=1S/C32H33ClF3NO4/c1-19-14-20(2)16-22(15-19)6-13-28(31(39)40-3)37-30(38)26-12-8-23-7-11-25(33)17-27(23)29(26)41-18-21-4-9-24(10-5-21)32(34,35)36/h4-5,7-12,17,20,22,28H,1,6,13-16,18H2,2-3H3,(H,37,38)/t20?,22?,28-/m0/s1. The van der Waals surface area contributed by atoms with E-state index in [2.05, 4.69) is 18.8 Å². The molecule has 1 aliphatic rings. The van der Waals surface area contributed by atoms with Gasteiger partial charge in [-0.1, -0.05) is 54.9 Å². The van der Waals surface area contributed by atoms with Crippen LogP contribution in [0.2, 0.25) is 5.02 Å². The molecule has 0 saturated heterocycles. The van der Waals surface area contributed by atoms with Gasteiger partial charge >= 0.3 is 12.1 Å². The normalized spacial score (nSPS) is 18.1. The number of halogens is 4. The van der Waals surface area contributed by atoms with Crippen LogP contribution >= 0.6 is 11.6 Å². The lowest BCUT2D eigenvalue weighted by molar-refractivity contribution is -0.143. The molecule has 0 spiro atoms. The molecule has 0 aliphatic heterocycles.